The Hall–Kier alpha value is -2.51. The number of aromatic nitrogens is 2. The van der Waals surface area contributed by atoms with E-state index < -0.39 is 0 Å². The van der Waals surface area contributed by atoms with Crippen molar-refractivity contribution in [2.75, 3.05) is 12.9 Å². The van der Waals surface area contributed by atoms with Gasteiger partial charge in [-0.25, -0.2) is 0 Å². The van der Waals surface area contributed by atoms with Gasteiger partial charge in [0.15, 0.2) is 0 Å². The monoisotopic (exact) mass is 403 g/mol. The first kappa shape index (κ1) is 19.3. The molecular weight excluding hydrogens is 386 g/mol. The lowest BCUT2D eigenvalue weighted by molar-refractivity contribution is -0.118. The van der Waals surface area contributed by atoms with E-state index in [2.05, 4.69) is 15.5 Å². The summed E-state index contributed by atoms with van der Waals surface area (Å²) in [5.74, 6) is 2.59. The standard InChI is InChI=1S/C19H18ClN3O3S/c1-25-16-8-4-14(5-9-16)19-22-18(26-23-19)10-21-17(24)12-27-11-13-2-6-15(20)7-3-13/h2-9H,10-12H2,1H3,(H,21,24). The normalized spacial score (nSPS) is 10.6. The van der Waals surface area contributed by atoms with Crippen molar-refractivity contribution in [1.82, 2.24) is 15.5 Å². The first-order valence-electron chi connectivity index (χ1n) is 8.20. The third kappa shape index (κ3) is 5.74. The first-order valence-corrected chi connectivity index (χ1v) is 9.73. The van der Waals surface area contributed by atoms with Crippen molar-refractivity contribution >= 4 is 29.3 Å². The number of hydrogen-bond donors (Lipinski definition) is 1. The predicted octanol–water partition coefficient (Wildman–Crippen LogP) is 3.95. The molecule has 0 aliphatic carbocycles. The molecule has 3 aromatic rings. The second-order valence-corrected chi connectivity index (χ2v) is 7.06. The Morgan fingerprint density at radius 1 is 1.19 bits per heavy atom. The average Bonchev–Trinajstić information content (AvgIpc) is 3.17. The molecule has 0 radical (unpaired) electrons. The van der Waals surface area contributed by atoms with Gasteiger partial charge >= 0.3 is 0 Å². The highest BCUT2D eigenvalue weighted by Crippen LogP contribution is 2.19. The van der Waals surface area contributed by atoms with Gasteiger partial charge in [-0.2, -0.15) is 4.98 Å². The zero-order valence-electron chi connectivity index (χ0n) is 14.6. The van der Waals surface area contributed by atoms with Crippen LogP contribution >= 0.6 is 23.4 Å². The van der Waals surface area contributed by atoms with Gasteiger partial charge in [0.05, 0.1) is 19.4 Å². The summed E-state index contributed by atoms with van der Waals surface area (Å²) >= 11 is 7.38. The Morgan fingerprint density at radius 3 is 2.63 bits per heavy atom. The van der Waals surface area contributed by atoms with Crippen LogP contribution in [0.4, 0.5) is 0 Å². The van der Waals surface area contributed by atoms with Crippen LogP contribution in [0.2, 0.25) is 5.02 Å². The summed E-state index contributed by atoms with van der Waals surface area (Å²) in [5.41, 5.74) is 1.94. The van der Waals surface area contributed by atoms with Crippen molar-refractivity contribution in [1.29, 1.82) is 0 Å². The van der Waals surface area contributed by atoms with Gasteiger partial charge in [-0.05, 0) is 42.0 Å². The van der Waals surface area contributed by atoms with Crippen molar-refractivity contribution in [3.05, 3.63) is 65.0 Å². The number of methoxy groups -OCH3 is 1. The van der Waals surface area contributed by atoms with E-state index in [1.165, 1.54) is 11.8 Å². The molecule has 0 unspecified atom stereocenters. The second kappa shape index (κ2) is 9.43. The Balaban J connectivity index is 1.43. The molecular formula is C19H18ClN3O3S. The number of nitrogens with zero attached hydrogens (tertiary/aromatic N) is 2. The predicted molar refractivity (Wildman–Crippen MR) is 106 cm³/mol. The first-order chi connectivity index (χ1) is 13.1. The highest BCUT2D eigenvalue weighted by atomic mass is 35.5. The van der Waals surface area contributed by atoms with Crippen molar-refractivity contribution in [3.63, 3.8) is 0 Å². The Morgan fingerprint density at radius 2 is 1.93 bits per heavy atom. The topological polar surface area (TPSA) is 77.3 Å². The molecule has 27 heavy (non-hydrogen) atoms. The van der Waals surface area contributed by atoms with Crippen LogP contribution in [0.25, 0.3) is 11.4 Å². The zero-order chi connectivity index (χ0) is 19.1. The Labute approximate surface area is 166 Å². The van der Waals surface area contributed by atoms with Crippen LogP contribution in [0, 0.1) is 0 Å². The summed E-state index contributed by atoms with van der Waals surface area (Å²) in [7, 11) is 1.61. The maximum atomic E-state index is 12.0. The van der Waals surface area contributed by atoms with Crippen LogP contribution in [0.5, 0.6) is 5.75 Å². The van der Waals surface area contributed by atoms with Crippen LogP contribution in [0.15, 0.2) is 53.1 Å². The van der Waals surface area contributed by atoms with Crippen LogP contribution < -0.4 is 10.1 Å². The molecule has 0 spiro atoms. The minimum atomic E-state index is -0.0850. The number of benzene rings is 2. The number of halogens is 1. The number of carbonyl (C=O) groups is 1. The molecule has 3 rings (SSSR count). The maximum Gasteiger partial charge on any atom is 0.246 e. The summed E-state index contributed by atoms with van der Waals surface area (Å²) in [6.45, 7) is 0.198. The summed E-state index contributed by atoms with van der Waals surface area (Å²) in [6.07, 6.45) is 0. The summed E-state index contributed by atoms with van der Waals surface area (Å²) in [6, 6.07) is 14.9. The summed E-state index contributed by atoms with van der Waals surface area (Å²) < 4.78 is 10.3. The number of thioether (sulfide) groups is 1. The van der Waals surface area contributed by atoms with Crippen molar-refractivity contribution in [3.8, 4) is 17.1 Å². The number of carbonyl (C=O) groups excluding carboxylic acids is 1. The van der Waals surface area contributed by atoms with Crippen molar-refractivity contribution in [2.24, 2.45) is 0 Å². The largest absolute Gasteiger partial charge is 0.497 e. The molecule has 1 heterocycles. The average molecular weight is 404 g/mol. The van der Waals surface area contributed by atoms with E-state index in [1.54, 1.807) is 7.11 Å². The number of ether oxygens (including phenoxy) is 1. The second-order valence-electron chi connectivity index (χ2n) is 5.64. The minimum Gasteiger partial charge on any atom is -0.497 e. The number of nitrogens with one attached hydrogen (secondary N) is 1. The number of rotatable bonds is 8. The van der Waals surface area contributed by atoms with E-state index in [-0.39, 0.29) is 12.5 Å². The fourth-order valence-corrected chi connectivity index (χ4v) is 3.20. The molecule has 0 atom stereocenters. The molecule has 2 aromatic carbocycles. The molecule has 0 saturated heterocycles. The molecule has 8 heteroatoms. The fourth-order valence-electron chi connectivity index (χ4n) is 2.25. The van der Waals surface area contributed by atoms with Gasteiger partial charge in [-0.3, -0.25) is 4.79 Å². The van der Waals surface area contributed by atoms with Crippen molar-refractivity contribution in [2.45, 2.75) is 12.3 Å². The summed E-state index contributed by atoms with van der Waals surface area (Å²) in [5, 5.41) is 7.42. The molecule has 0 bridgehead atoms. The van der Waals surface area contributed by atoms with E-state index >= 15 is 0 Å². The SMILES string of the molecule is COc1ccc(-c2noc(CNC(=O)CSCc3ccc(Cl)cc3)n2)cc1. The molecule has 0 fully saturated rings. The molecule has 1 amide bonds. The molecule has 0 aliphatic heterocycles. The van der Waals surface area contributed by atoms with E-state index in [1.807, 2.05) is 48.5 Å². The van der Waals surface area contributed by atoms with E-state index in [0.717, 1.165) is 22.6 Å². The molecule has 1 aromatic heterocycles. The lowest BCUT2D eigenvalue weighted by atomic mass is 10.2. The number of hydrogen-bond acceptors (Lipinski definition) is 6. The Bertz CT molecular complexity index is 882. The summed E-state index contributed by atoms with van der Waals surface area (Å²) in [4.78, 5) is 16.2. The lowest BCUT2D eigenvalue weighted by Gasteiger charge is -2.03. The molecule has 0 saturated carbocycles. The molecule has 6 nitrogen and oxygen atoms in total. The maximum absolute atomic E-state index is 12.0. The molecule has 0 aliphatic rings. The number of amides is 1. The smallest absolute Gasteiger partial charge is 0.246 e. The van der Waals surface area contributed by atoms with Crippen LogP contribution in [0.3, 0.4) is 0 Å². The van der Waals surface area contributed by atoms with Gasteiger partial charge in [0.2, 0.25) is 17.6 Å². The van der Waals surface area contributed by atoms with Gasteiger partial charge in [0.1, 0.15) is 5.75 Å². The zero-order valence-corrected chi connectivity index (χ0v) is 16.2. The fraction of sp³-hybridized carbons (Fsp3) is 0.211. The molecule has 140 valence electrons. The third-order valence-corrected chi connectivity index (χ3v) is 4.92. The lowest BCUT2D eigenvalue weighted by Crippen LogP contribution is -2.24. The highest BCUT2D eigenvalue weighted by molar-refractivity contribution is 7.99. The van der Waals surface area contributed by atoms with Crippen LogP contribution in [-0.2, 0) is 17.1 Å². The van der Waals surface area contributed by atoms with E-state index in [0.29, 0.717) is 22.5 Å². The quantitative estimate of drug-likeness (QED) is 0.613. The Kier molecular flexibility index (Phi) is 6.73. The van der Waals surface area contributed by atoms with E-state index in [4.69, 9.17) is 20.9 Å². The van der Waals surface area contributed by atoms with Gasteiger partial charge in [-0.1, -0.05) is 28.9 Å². The van der Waals surface area contributed by atoms with Crippen LogP contribution in [-0.4, -0.2) is 28.9 Å². The van der Waals surface area contributed by atoms with Gasteiger partial charge < -0.3 is 14.6 Å². The van der Waals surface area contributed by atoms with Gasteiger partial charge in [-0.15, -0.1) is 11.8 Å². The van der Waals surface area contributed by atoms with Crippen LogP contribution in [0.1, 0.15) is 11.5 Å². The van der Waals surface area contributed by atoms with E-state index in [9.17, 15) is 4.79 Å². The van der Waals surface area contributed by atoms with Crippen molar-refractivity contribution < 1.29 is 14.1 Å². The van der Waals surface area contributed by atoms with Gasteiger partial charge in [0.25, 0.3) is 0 Å². The molecule has 1 N–H and O–H groups in total. The third-order valence-electron chi connectivity index (χ3n) is 3.67. The highest BCUT2D eigenvalue weighted by Gasteiger charge is 2.10. The minimum absolute atomic E-state index is 0.0850. The van der Waals surface area contributed by atoms with Gasteiger partial charge in [0, 0.05) is 16.3 Å².